The Morgan fingerprint density at radius 1 is 1.50 bits per heavy atom. The Morgan fingerprint density at radius 3 is 3.00 bits per heavy atom. The molecule has 2 aromatic rings. The number of H-pyrrole nitrogens is 1. The van der Waals surface area contributed by atoms with Gasteiger partial charge in [0, 0.05) is 17.1 Å². The van der Waals surface area contributed by atoms with Crippen LogP contribution in [0.1, 0.15) is 12.5 Å². The Morgan fingerprint density at radius 2 is 2.31 bits per heavy atom. The fraction of sp³-hybridized carbons (Fsp3) is 0.250. The van der Waals surface area contributed by atoms with Crippen molar-refractivity contribution in [1.29, 1.82) is 0 Å². The second-order valence-electron chi connectivity index (χ2n) is 3.56. The second-order valence-corrected chi connectivity index (χ2v) is 3.56. The van der Waals surface area contributed by atoms with Crippen LogP contribution in [-0.2, 0) is 11.2 Å². The normalized spacial score (nSPS) is 10.6. The van der Waals surface area contributed by atoms with E-state index in [2.05, 4.69) is 11.9 Å². The van der Waals surface area contributed by atoms with E-state index in [4.69, 9.17) is 9.84 Å². The summed E-state index contributed by atoms with van der Waals surface area (Å²) < 4.78 is 5.13. The number of hydrogen-bond acceptors (Lipinski definition) is 2. The molecule has 0 bridgehead atoms. The molecule has 0 saturated heterocycles. The standard InChI is InChI=1S/C12H13NO3/c1-2-8-6-13-11-4-3-9(5-10(8)11)16-7-12(14)15/h3-6,13H,2,7H2,1H3,(H,14,15). The fourth-order valence-electron chi connectivity index (χ4n) is 1.68. The number of rotatable bonds is 4. The Kier molecular flexibility index (Phi) is 2.81. The number of carbonyl (C=O) groups is 1. The summed E-state index contributed by atoms with van der Waals surface area (Å²) in [4.78, 5) is 13.5. The molecule has 84 valence electrons. The van der Waals surface area contributed by atoms with Gasteiger partial charge in [0.25, 0.3) is 0 Å². The van der Waals surface area contributed by atoms with E-state index in [0.29, 0.717) is 5.75 Å². The predicted octanol–water partition coefficient (Wildman–Crippen LogP) is 2.19. The minimum absolute atomic E-state index is 0.308. The van der Waals surface area contributed by atoms with Gasteiger partial charge in [-0.25, -0.2) is 4.79 Å². The van der Waals surface area contributed by atoms with E-state index >= 15 is 0 Å². The van der Waals surface area contributed by atoms with Crippen molar-refractivity contribution in [3.8, 4) is 5.75 Å². The molecule has 0 aliphatic rings. The van der Waals surface area contributed by atoms with Crippen LogP contribution < -0.4 is 4.74 Å². The van der Waals surface area contributed by atoms with Crippen LogP contribution in [0.15, 0.2) is 24.4 Å². The van der Waals surface area contributed by atoms with Crippen molar-refractivity contribution >= 4 is 16.9 Å². The van der Waals surface area contributed by atoms with E-state index < -0.39 is 5.97 Å². The first-order chi connectivity index (χ1) is 7.70. The van der Waals surface area contributed by atoms with Crippen molar-refractivity contribution in [3.05, 3.63) is 30.0 Å². The summed E-state index contributed by atoms with van der Waals surface area (Å²) in [5, 5.41) is 9.61. The third-order valence-electron chi connectivity index (χ3n) is 2.48. The molecule has 0 aliphatic heterocycles. The van der Waals surface area contributed by atoms with E-state index in [1.54, 1.807) is 6.07 Å². The van der Waals surface area contributed by atoms with E-state index in [9.17, 15) is 4.79 Å². The highest BCUT2D eigenvalue weighted by atomic mass is 16.5. The number of benzene rings is 1. The maximum Gasteiger partial charge on any atom is 0.341 e. The van der Waals surface area contributed by atoms with Crippen LogP contribution in [0.2, 0.25) is 0 Å². The van der Waals surface area contributed by atoms with Gasteiger partial charge in [-0.1, -0.05) is 6.92 Å². The van der Waals surface area contributed by atoms with Gasteiger partial charge in [0.2, 0.25) is 0 Å². The number of aliphatic carboxylic acids is 1. The highest BCUT2D eigenvalue weighted by Crippen LogP contribution is 2.23. The molecule has 2 rings (SSSR count). The maximum atomic E-state index is 10.4. The first-order valence-electron chi connectivity index (χ1n) is 5.15. The van der Waals surface area contributed by atoms with Gasteiger partial charge in [-0.3, -0.25) is 0 Å². The minimum Gasteiger partial charge on any atom is -0.482 e. The van der Waals surface area contributed by atoms with Gasteiger partial charge in [0.1, 0.15) is 5.75 Å². The molecular weight excluding hydrogens is 206 g/mol. The van der Waals surface area contributed by atoms with Gasteiger partial charge >= 0.3 is 5.97 Å². The Labute approximate surface area is 92.9 Å². The summed E-state index contributed by atoms with van der Waals surface area (Å²) >= 11 is 0. The quantitative estimate of drug-likeness (QED) is 0.828. The Balaban J connectivity index is 2.30. The molecule has 0 amide bonds. The number of ether oxygens (including phenoxy) is 1. The predicted molar refractivity (Wildman–Crippen MR) is 60.8 cm³/mol. The van der Waals surface area contributed by atoms with Gasteiger partial charge < -0.3 is 14.8 Å². The topological polar surface area (TPSA) is 62.3 Å². The Bertz CT molecular complexity index is 516. The molecule has 0 aliphatic carbocycles. The summed E-state index contributed by atoms with van der Waals surface area (Å²) in [5.74, 6) is -0.380. The van der Waals surface area contributed by atoms with Crippen molar-refractivity contribution in [3.63, 3.8) is 0 Å². The summed E-state index contributed by atoms with van der Waals surface area (Å²) in [6.45, 7) is 1.77. The highest BCUT2D eigenvalue weighted by Gasteiger charge is 2.04. The monoisotopic (exact) mass is 219 g/mol. The second kappa shape index (κ2) is 4.26. The van der Waals surface area contributed by atoms with Crippen LogP contribution in [0.25, 0.3) is 10.9 Å². The molecule has 0 fully saturated rings. The zero-order chi connectivity index (χ0) is 11.5. The SMILES string of the molecule is CCc1c[nH]c2ccc(OCC(=O)O)cc12. The minimum atomic E-state index is -0.968. The summed E-state index contributed by atoms with van der Waals surface area (Å²) in [6.07, 6.45) is 2.90. The number of carboxylic acid groups (broad SMARTS) is 1. The molecule has 16 heavy (non-hydrogen) atoms. The van der Waals surface area contributed by atoms with Crippen molar-refractivity contribution in [2.45, 2.75) is 13.3 Å². The van der Waals surface area contributed by atoms with Gasteiger partial charge in [0.15, 0.2) is 6.61 Å². The van der Waals surface area contributed by atoms with Crippen molar-refractivity contribution in [2.75, 3.05) is 6.61 Å². The molecule has 0 atom stereocenters. The Hall–Kier alpha value is -1.97. The first kappa shape index (κ1) is 10.5. The largest absolute Gasteiger partial charge is 0.482 e. The van der Waals surface area contributed by atoms with E-state index in [-0.39, 0.29) is 6.61 Å². The molecular formula is C12H13NO3. The zero-order valence-electron chi connectivity index (χ0n) is 8.99. The molecule has 0 unspecified atom stereocenters. The first-order valence-corrected chi connectivity index (χ1v) is 5.15. The molecule has 0 spiro atoms. The van der Waals surface area contributed by atoms with Crippen LogP contribution in [0, 0.1) is 0 Å². The molecule has 0 saturated carbocycles. The summed E-state index contributed by atoms with van der Waals surface area (Å²) in [5.41, 5.74) is 2.25. The van der Waals surface area contributed by atoms with E-state index in [1.165, 1.54) is 5.56 Å². The van der Waals surface area contributed by atoms with Crippen LogP contribution in [0.4, 0.5) is 0 Å². The van der Waals surface area contributed by atoms with E-state index in [1.807, 2.05) is 18.3 Å². The number of aryl methyl sites for hydroxylation is 1. The smallest absolute Gasteiger partial charge is 0.341 e. The van der Waals surface area contributed by atoms with Crippen molar-refractivity contribution < 1.29 is 14.6 Å². The van der Waals surface area contributed by atoms with Crippen LogP contribution >= 0.6 is 0 Å². The fourth-order valence-corrected chi connectivity index (χ4v) is 1.68. The average Bonchev–Trinajstić information content (AvgIpc) is 2.68. The van der Waals surface area contributed by atoms with Crippen molar-refractivity contribution in [2.24, 2.45) is 0 Å². The molecule has 0 radical (unpaired) electrons. The third-order valence-corrected chi connectivity index (χ3v) is 2.48. The van der Waals surface area contributed by atoms with Crippen LogP contribution in [0.5, 0.6) is 5.75 Å². The molecule has 4 nitrogen and oxygen atoms in total. The van der Waals surface area contributed by atoms with Crippen LogP contribution in [0.3, 0.4) is 0 Å². The number of aromatic nitrogens is 1. The zero-order valence-corrected chi connectivity index (χ0v) is 8.99. The number of fused-ring (bicyclic) bond motifs is 1. The average molecular weight is 219 g/mol. The van der Waals surface area contributed by atoms with Gasteiger partial charge in [-0.05, 0) is 30.2 Å². The highest BCUT2D eigenvalue weighted by molar-refractivity contribution is 5.84. The van der Waals surface area contributed by atoms with Gasteiger partial charge in [0.05, 0.1) is 0 Å². The number of aromatic amines is 1. The molecule has 4 heteroatoms. The molecule has 2 N–H and O–H groups in total. The van der Waals surface area contributed by atoms with E-state index in [0.717, 1.165) is 17.3 Å². The summed E-state index contributed by atoms with van der Waals surface area (Å²) in [7, 11) is 0. The lowest BCUT2D eigenvalue weighted by Gasteiger charge is -2.03. The maximum absolute atomic E-state index is 10.4. The number of hydrogen-bond donors (Lipinski definition) is 2. The van der Waals surface area contributed by atoms with Gasteiger partial charge in [-0.2, -0.15) is 0 Å². The lowest BCUT2D eigenvalue weighted by atomic mass is 10.1. The molecule has 1 aromatic heterocycles. The van der Waals surface area contributed by atoms with Crippen molar-refractivity contribution in [1.82, 2.24) is 4.98 Å². The van der Waals surface area contributed by atoms with Gasteiger partial charge in [-0.15, -0.1) is 0 Å². The lowest BCUT2D eigenvalue weighted by Crippen LogP contribution is -2.09. The lowest BCUT2D eigenvalue weighted by molar-refractivity contribution is -0.139. The van der Waals surface area contributed by atoms with Crippen LogP contribution in [-0.4, -0.2) is 22.7 Å². The number of nitrogens with one attached hydrogen (secondary N) is 1. The molecule has 1 heterocycles. The number of carboxylic acids is 1. The molecule has 1 aromatic carbocycles. The summed E-state index contributed by atoms with van der Waals surface area (Å²) in [6, 6.07) is 5.53. The third kappa shape index (κ3) is 2.00.